The summed E-state index contributed by atoms with van der Waals surface area (Å²) in [4.78, 5) is 10.8. The SMILES string of the molecule is CC(C)NS(=O)(=O)c1ccc(N[C@@H]2CCCC[C@H]2C)c([N+](=O)[O-])c1. The fourth-order valence-corrected chi connectivity index (χ4v) is 4.33. The number of nitrogens with one attached hydrogen (secondary N) is 2. The standard InChI is InChI=1S/C16H25N3O4S/c1-11(2)18-24(22,23)13-8-9-15(16(10-13)19(20)21)17-14-7-5-4-6-12(14)3/h8-12,14,17-18H,4-7H2,1-3H3/t12-,14-/m1/s1. The van der Waals surface area contributed by atoms with E-state index in [1.54, 1.807) is 13.8 Å². The topological polar surface area (TPSA) is 101 Å². The van der Waals surface area contributed by atoms with Crippen LogP contribution in [0.25, 0.3) is 0 Å². The number of hydrogen-bond donors (Lipinski definition) is 2. The largest absolute Gasteiger partial charge is 0.376 e. The molecule has 0 unspecified atom stereocenters. The number of nitrogens with zero attached hydrogens (tertiary/aromatic N) is 1. The van der Waals surface area contributed by atoms with Gasteiger partial charge in [0.05, 0.1) is 9.82 Å². The number of sulfonamides is 1. The molecule has 0 radical (unpaired) electrons. The molecule has 0 saturated heterocycles. The fraction of sp³-hybridized carbons (Fsp3) is 0.625. The Bertz CT molecular complexity index is 703. The molecule has 24 heavy (non-hydrogen) atoms. The maximum absolute atomic E-state index is 12.2. The number of hydrogen-bond acceptors (Lipinski definition) is 5. The van der Waals surface area contributed by atoms with Crippen LogP contribution >= 0.6 is 0 Å². The molecule has 2 atom stereocenters. The summed E-state index contributed by atoms with van der Waals surface area (Å²) in [7, 11) is -3.76. The van der Waals surface area contributed by atoms with Gasteiger partial charge in [-0.1, -0.05) is 19.8 Å². The van der Waals surface area contributed by atoms with Gasteiger partial charge in [-0.3, -0.25) is 10.1 Å². The zero-order valence-electron chi connectivity index (χ0n) is 14.3. The molecule has 1 fully saturated rings. The maximum Gasteiger partial charge on any atom is 0.293 e. The number of nitro benzene ring substituents is 1. The lowest BCUT2D eigenvalue weighted by Crippen LogP contribution is -2.31. The van der Waals surface area contributed by atoms with E-state index in [1.165, 1.54) is 18.6 Å². The third kappa shape index (κ3) is 4.45. The molecule has 1 aromatic rings. The molecule has 1 aromatic carbocycles. The summed E-state index contributed by atoms with van der Waals surface area (Å²) in [6, 6.07) is 3.92. The van der Waals surface area contributed by atoms with E-state index in [0.717, 1.165) is 25.3 Å². The normalized spacial score (nSPS) is 21.7. The van der Waals surface area contributed by atoms with Crippen LogP contribution in [-0.2, 0) is 10.0 Å². The van der Waals surface area contributed by atoms with E-state index in [9.17, 15) is 18.5 Å². The Balaban J connectivity index is 2.32. The van der Waals surface area contributed by atoms with Crippen molar-refractivity contribution in [3.05, 3.63) is 28.3 Å². The molecule has 1 saturated carbocycles. The molecule has 7 nitrogen and oxygen atoms in total. The molecule has 0 aliphatic heterocycles. The first-order valence-electron chi connectivity index (χ1n) is 8.28. The average Bonchev–Trinajstić information content (AvgIpc) is 2.48. The molecule has 0 aromatic heterocycles. The van der Waals surface area contributed by atoms with Crippen LogP contribution < -0.4 is 10.0 Å². The summed E-state index contributed by atoms with van der Waals surface area (Å²) >= 11 is 0. The highest BCUT2D eigenvalue weighted by molar-refractivity contribution is 7.89. The van der Waals surface area contributed by atoms with Gasteiger partial charge in [0.2, 0.25) is 10.0 Å². The molecule has 0 amide bonds. The van der Waals surface area contributed by atoms with E-state index >= 15 is 0 Å². The fourth-order valence-electron chi connectivity index (χ4n) is 3.06. The minimum absolute atomic E-state index is 0.0925. The molecule has 8 heteroatoms. The Hall–Kier alpha value is -1.67. The monoisotopic (exact) mass is 355 g/mol. The van der Waals surface area contributed by atoms with E-state index in [-0.39, 0.29) is 22.7 Å². The maximum atomic E-state index is 12.2. The van der Waals surface area contributed by atoms with E-state index in [1.807, 2.05) is 0 Å². The first-order chi connectivity index (χ1) is 11.2. The second kappa shape index (κ2) is 7.48. The lowest BCUT2D eigenvalue weighted by molar-refractivity contribution is -0.384. The van der Waals surface area contributed by atoms with Gasteiger partial charge in [0.1, 0.15) is 5.69 Å². The Labute approximate surface area is 143 Å². The first kappa shape index (κ1) is 18.7. The van der Waals surface area contributed by atoms with Gasteiger partial charge in [-0.05, 0) is 44.7 Å². The van der Waals surface area contributed by atoms with Crippen molar-refractivity contribution < 1.29 is 13.3 Å². The van der Waals surface area contributed by atoms with Gasteiger partial charge in [-0.2, -0.15) is 0 Å². The van der Waals surface area contributed by atoms with Crippen molar-refractivity contribution in [2.24, 2.45) is 5.92 Å². The van der Waals surface area contributed by atoms with Crippen LogP contribution in [0.1, 0.15) is 46.5 Å². The highest BCUT2D eigenvalue weighted by atomic mass is 32.2. The quantitative estimate of drug-likeness (QED) is 0.602. The van der Waals surface area contributed by atoms with E-state index < -0.39 is 14.9 Å². The van der Waals surface area contributed by atoms with Gasteiger partial charge in [0.25, 0.3) is 5.69 Å². The summed E-state index contributed by atoms with van der Waals surface area (Å²) in [5.74, 6) is 0.435. The van der Waals surface area contributed by atoms with E-state index in [2.05, 4.69) is 17.0 Å². The second-order valence-electron chi connectivity index (χ2n) is 6.72. The zero-order valence-corrected chi connectivity index (χ0v) is 15.1. The highest BCUT2D eigenvalue weighted by Gasteiger charge is 2.26. The zero-order chi connectivity index (χ0) is 17.9. The van der Waals surface area contributed by atoms with Crippen molar-refractivity contribution in [1.29, 1.82) is 0 Å². The Morgan fingerprint density at radius 1 is 1.25 bits per heavy atom. The van der Waals surface area contributed by atoms with Crippen LogP contribution in [0.4, 0.5) is 11.4 Å². The van der Waals surface area contributed by atoms with Gasteiger partial charge < -0.3 is 5.32 Å². The van der Waals surface area contributed by atoms with E-state index in [0.29, 0.717) is 11.6 Å². The van der Waals surface area contributed by atoms with Gasteiger partial charge in [0.15, 0.2) is 0 Å². The summed E-state index contributed by atoms with van der Waals surface area (Å²) in [5, 5.41) is 14.6. The molecule has 1 aliphatic rings. The van der Waals surface area contributed by atoms with Gasteiger partial charge >= 0.3 is 0 Å². The van der Waals surface area contributed by atoms with Crippen molar-refractivity contribution in [3.63, 3.8) is 0 Å². The lowest BCUT2D eigenvalue weighted by Gasteiger charge is -2.30. The smallest absolute Gasteiger partial charge is 0.293 e. The second-order valence-corrected chi connectivity index (χ2v) is 8.44. The van der Waals surface area contributed by atoms with E-state index in [4.69, 9.17) is 0 Å². The van der Waals surface area contributed by atoms with Crippen molar-refractivity contribution in [2.75, 3.05) is 5.32 Å². The van der Waals surface area contributed by atoms with Crippen LogP contribution in [0, 0.1) is 16.0 Å². The number of benzene rings is 1. The molecule has 2 N–H and O–H groups in total. The van der Waals surface area contributed by atoms with Gasteiger partial charge in [-0.25, -0.2) is 13.1 Å². The van der Waals surface area contributed by atoms with Crippen molar-refractivity contribution in [1.82, 2.24) is 4.72 Å². The molecule has 1 aliphatic carbocycles. The summed E-state index contributed by atoms with van der Waals surface area (Å²) in [6.07, 6.45) is 4.34. The molecule has 0 heterocycles. The Morgan fingerprint density at radius 2 is 1.92 bits per heavy atom. The van der Waals surface area contributed by atoms with Crippen LogP contribution in [-0.4, -0.2) is 25.4 Å². The van der Waals surface area contributed by atoms with Gasteiger partial charge in [-0.15, -0.1) is 0 Å². The minimum Gasteiger partial charge on any atom is -0.376 e. The Kier molecular flexibility index (Phi) is 5.82. The van der Waals surface area contributed by atoms with Crippen molar-refractivity contribution in [3.8, 4) is 0 Å². The lowest BCUT2D eigenvalue weighted by atomic mass is 9.86. The van der Waals surface area contributed by atoms with Crippen LogP contribution in [0.3, 0.4) is 0 Å². The molecular formula is C16H25N3O4S. The highest BCUT2D eigenvalue weighted by Crippen LogP contribution is 2.32. The molecule has 0 bridgehead atoms. The molecular weight excluding hydrogens is 330 g/mol. The van der Waals surface area contributed by atoms with Crippen molar-refractivity contribution in [2.45, 2.75) is 63.4 Å². The Morgan fingerprint density at radius 3 is 2.50 bits per heavy atom. The molecule has 0 spiro atoms. The third-order valence-electron chi connectivity index (χ3n) is 4.32. The summed E-state index contributed by atoms with van der Waals surface area (Å²) < 4.78 is 26.9. The predicted molar refractivity (Wildman–Crippen MR) is 93.6 cm³/mol. The van der Waals surface area contributed by atoms with Crippen LogP contribution in [0.15, 0.2) is 23.1 Å². The number of rotatable bonds is 6. The van der Waals surface area contributed by atoms with Crippen LogP contribution in [0.5, 0.6) is 0 Å². The molecule has 2 rings (SSSR count). The van der Waals surface area contributed by atoms with Gasteiger partial charge in [0, 0.05) is 18.2 Å². The van der Waals surface area contributed by atoms with Crippen LogP contribution in [0.2, 0.25) is 0 Å². The minimum atomic E-state index is -3.76. The first-order valence-corrected chi connectivity index (χ1v) is 9.76. The third-order valence-corrected chi connectivity index (χ3v) is 5.98. The summed E-state index contributed by atoms with van der Waals surface area (Å²) in [5.41, 5.74) is 0.168. The molecule has 134 valence electrons. The average molecular weight is 355 g/mol. The number of anilines is 1. The summed E-state index contributed by atoms with van der Waals surface area (Å²) in [6.45, 7) is 5.53. The number of nitro groups is 1. The van der Waals surface area contributed by atoms with Crippen molar-refractivity contribution >= 4 is 21.4 Å². The predicted octanol–water partition coefficient (Wildman–Crippen LogP) is 3.27.